The Morgan fingerprint density at radius 2 is 1.35 bits per heavy atom. The molecule has 3 aromatic rings. The summed E-state index contributed by atoms with van der Waals surface area (Å²) in [5, 5.41) is 9.85. The van der Waals surface area contributed by atoms with Crippen LogP contribution in [0.3, 0.4) is 0 Å². The van der Waals surface area contributed by atoms with Crippen molar-refractivity contribution >= 4 is 5.57 Å². The third-order valence-corrected chi connectivity index (χ3v) is 5.00. The molecule has 26 heavy (non-hydrogen) atoms. The minimum Gasteiger partial charge on any atom is -0.197 e. The Labute approximate surface area is 154 Å². The van der Waals surface area contributed by atoms with Gasteiger partial charge in [0.15, 0.2) is 0 Å². The monoisotopic (exact) mass is 333 g/mol. The smallest absolute Gasteiger partial charge is 0.104 e. The molecule has 0 amide bonds. The van der Waals surface area contributed by atoms with E-state index >= 15 is 0 Å². The molecule has 0 saturated carbocycles. The summed E-state index contributed by atoms with van der Waals surface area (Å²) in [7, 11) is 0. The Morgan fingerprint density at radius 1 is 0.731 bits per heavy atom. The first-order valence-electron chi connectivity index (χ1n) is 8.83. The number of hydrogen-bond acceptors (Lipinski definition) is 1. The van der Waals surface area contributed by atoms with Crippen LogP contribution in [0.4, 0.5) is 0 Å². The predicted octanol–water partition coefficient (Wildman–Crippen LogP) is 6.16. The molecule has 1 aliphatic rings. The van der Waals surface area contributed by atoms with Gasteiger partial charge in [0.1, 0.15) is 5.41 Å². The van der Waals surface area contributed by atoms with Crippen LogP contribution in [0.5, 0.6) is 0 Å². The van der Waals surface area contributed by atoms with Gasteiger partial charge in [-0.3, -0.25) is 0 Å². The highest BCUT2D eigenvalue weighted by molar-refractivity contribution is 5.86. The second-order valence-electron chi connectivity index (χ2n) is 6.56. The molecule has 4 rings (SSSR count). The lowest BCUT2D eigenvalue weighted by Gasteiger charge is -2.26. The lowest BCUT2D eigenvalue weighted by atomic mass is 9.74. The number of nitrogens with zero attached hydrogens (tertiary/aromatic N) is 1. The second-order valence-corrected chi connectivity index (χ2v) is 6.56. The largest absolute Gasteiger partial charge is 0.197 e. The molecular weight excluding hydrogens is 314 g/mol. The zero-order valence-electron chi connectivity index (χ0n) is 14.5. The number of rotatable bonds is 3. The van der Waals surface area contributed by atoms with E-state index in [-0.39, 0.29) is 0 Å². The molecule has 0 aliphatic heterocycles. The topological polar surface area (TPSA) is 23.8 Å². The number of benzene rings is 3. The molecule has 0 saturated heterocycles. The van der Waals surface area contributed by atoms with Gasteiger partial charge in [0.2, 0.25) is 0 Å². The molecule has 1 nitrogen and oxygen atoms in total. The Balaban J connectivity index is 1.72. The molecule has 0 aromatic heterocycles. The summed E-state index contributed by atoms with van der Waals surface area (Å²) in [6.07, 6.45) is 7.03. The summed E-state index contributed by atoms with van der Waals surface area (Å²) in [6, 6.07) is 31.4. The molecule has 0 bridgehead atoms. The lowest BCUT2D eigenvalue weighted by Crippen LogP contribution is -2.22. The van der Waals surface area contributed by atoms with Crippen LogP contribution in [0.1, 0.15) is 17.5 Å². The fourth-order valence-corrected chi connectivity index (χ4v) is 3.54. The van der Waals surface area contributed by atoms with Crippen molar-refractivity contribution in [2.24, 2.45) is 0 Å². The zero-order chi connectivity index (χ0) is 17.8. The third kappa shape index (κ3) is 2.87. The van der Waals surface area contributed by atoms with E-state index in [1.54, 1.807) is 0 Å². The van der Waals surface area contributed by atoms with Crippen molar-refractivity contribution in [1.82, 2.24) is 0 Å². The van der Waals surface area contributed by atoms with Crippen molar-refractivity contribution in [2.45, 2.75) is 11.8 Å². The number of allylic oxidation sites excluding steroid dienone is 4. The molecular formula is C25H19N. The van der Waals surface area contributed by atoms with Gasteiger partial charge in [0, 0.05) is 0 Å². The first kappa shape index (κ1) is 16.1. The SMILES string of the molecule is N#CC1(c2ccccc2)C=CC(c2ccccc2-c2ccccc2)=CC1. The molecule has 1 atom stereocenters. The van der Waals surface area contributed by atoms with Crippen LogP contribution >= 0.6 is 0 Å². The highest BCUT2D eigenvalue weighted by Crippen LogP contribution is 2.38. The van der Waals surface area contributed by atoms with Gasteiger partial charge in [0.05, 0.1) is 6.07 Å². The first-order chi connectivity index (χ1) is 12.8. The van der Waals surface area contributed by atoms with E-state index in [1.165, 1.54) is 22.3 Å². The van der Waals surface area contributed by atoms with E-state index < -0.39 is 5.41 Å². The van der Waals surface area contributed by atoms with E-state index in [4.69, 9.17) is 0 Å². The average molecular weight is 333 g/mol. The van der Waals surface area contributed by atoms with Crippen molar-refractivity contribution in [3.05, 3.63) is 114 Å². The van der Waals surface area contributed by atoms with Crippen molar-refractivity contribution < 1.29 is 0 Å². The standard InChI is InChI=1S/C25H19N/c26-19-25(22-11-5-2-6-12-22)17-15-21(16-18-25)24-14-8-7-13-23(24)20-9-3-1-4-10-20/h1-17H,18H2. The van der Waals surface area contributed by atoms with E-state index in [0.717, 1.165) is 5.56 Å². The van der Waals surface area contributed by atoms with Crippen LogP contribution in [0.25, 0.3) is 16.7 Å². The molecule has 0 N–H and O–H groups in total. The van der Waals surface area contributed by atoms with Crippen molar-refractivity contribution in [3.8, 4) is 17.2 Å². The Hall–Kier alpha value is -3.37. The van der Waals surface area contributed by atoms with Gasteiger partial charge >= 0.3 is 0 Å². The van der Waals surface area contributed by atoms with Crippen LogP contribution in [-0.2, 0) is 5.41 Å². The Kier molecular flexibility index (Phi) is 4.25. The molecule has 0 heterocycles. The molecule has 1 unspecified atom stereocenters. The van der Waals surface area contributed by atoms with Crippen molar-refractivity contribution in [1.29, 1.82) is 5.26 Å². The van der Waals surface area contributed by atoms with Crippen LogP contribution in [0.2, 0.25) is 0 Å². The van der Waals surface area contributed by atoms with E-state index in [1.807, 2.05) is 36.4 Å². The van der Waals surface area contributed by atoms with Gasteiger partial charge < -0.3 is 0 Å². The van der Waals surface area contributed by atoms with E-state index in [9.17, 15) is 5.26 Å². The van der Waals surface area contributed by atoms with Gasteiger partial charge in [-0.25, -0.2) is 0 Å². The van der Waals surface area contributed by atoms with Gasteiger partial charge in [0.25, 0.3) is 0 Å². The molecule has 124 valence electrons. The number of hydrogen-bond donors (Lipinski definition) is 0. The first-order valence-corrected chi connectivity index (χ1v) is 8.83. The van der Waals surface area contributed by atoms with Crippen molar-refractivity contribution in [3.63, 3.8) is 0 Å². The molecule has 0 fully saturated rings. The second kappa shape index (κ2) is 6.86. The van der Waals surface area contributed by atoms with Crippen LogP contribution in [-0.4, -0.2) is 0 Å². The van der Waals surface area contributed by atoms with E-state index in [2.05, 4.69) is 72.8 Å². The molecule has 3 aromatic carbocycles. The highest BCUT2D eigenvalue weighted by atomic mass is 14.4. The van der Waals surface area contributed by atoms with Gasteiger partial charge in [-0.15, -0.1) is 0 Å². The maximum atomic E-state index is 9.85. The molecule has 1 heteroatoms. The Bertz CT molecular complexity index is 1010. The lowest BCUT2D eigenvalue weighted by molar-refractivity contribution is 0.693. The van der Waals surface area contributed by atoms with Crippen LogP contribution < -0.4 is 0 Å². The average Bonchev–Trinajstić information content (AvgIpc) is 2.75. The molecule has 0 spiro atoms. The minimum absolute atomic E-state index is 0.577. The van der Waals surface area contributed by atoms with Gasteiger partial charge in [-0.1, -0.05) is 103 Å². The summed E-state index contributed by atoms with van der Waals surface area (Å²) in [6.45, 7) is 0. The maximum absolute atomic E-state index is 9.85. The summed E-state index contributed by atoms with van der Waals surface area (Å²) in [5.41, 5.74) is 5.27. The van der Waals surface area contributed by atoms with Crippen LogP contribution in [0.15, 0.2) is 103 Å². The Morgan fingerprint density at radius 3 is 1.96 bits per heavy atom. The van der Waals surface area contributed by atoms with Gasteiger partial charge in [-0.05, 0) is 34.2 Å². The highest BCUT2D eigenvalue weighted by Gasteiger charge is 2.30. The number of nitriles is 1. The quantitative estimate of drug-likeness (QED) is 0.563. The minimum atomic E-state index is -0.577. The van der Waals surface area contributed by atoms with Gasteiger partial charge in [-0.2, -0.15) is 5.26 Å². The van der Waals surface area contributed by atoms with Crippen molar-refractivity contribution in [2.75, 3.05) is 0 Å². The fraction of sp³-hybridized carbons (Fsp3) is 0.0800. The predicted molar refractivity (Wildman–Crippen MR) is 107 cm³/mol. The summed E-state index contributed by atoms with van der Waals surface area (Å²) in [5.74, 6) is 0. The molecule has 1 aliphatic carbocycles. The summed E-state index contributed by atoms with van der Waals surface area (Å²) >= 11 is 0. The summed E-state index contributed by atoms with van der Waals surface area (Å²) in [4.78, 5) is 0. The fourth-order valence-electron chi connectivity index (χ4n) is 3.54. The normalized spacial score (nSPS) is 18.8. The summed E-state index contributed by atoms with van der Waals surface area (Å²) < 4.78 is 0. The van der Waals surface area contributed by atoms with E-state index in [0.29, 0.717) is 6.42 Å². The van der Waals surface area contributed by atoms with Crippen LogP contribution in [0, 0.1) is 11.3 Å². The third-order valence-electron chi connectivity index (χ3n) is 5.00. The zero-order valence-corrected chi connectivity index (χ0v) is 14.5. The molecule has 0 radical (unpaired) electrons. The maximum Gasteiger partial charge on any atom is 0.104 e.